The highest BCUT2D eigenvalue weighted by atomic mass is 19.1. The molecule has 3 nitrogen and oxygen atoms in total. The molecule has 1 aliphatic heterocycles. The van der Waals surface area contributed by atoms with Crippen LogP contribution in [0, 0.1) is 39.3 Å². The first kappa shape index (κ1) is 16.4. The summed E-state index contributed by atoms with van der Waals surface area (Å²) in [6.45, 7) is 8.47. The summed E-state index contributed by atoms with van der Waals surface area (Å²) in [6.07, 6.45) is 0. The fraction of sp³-hybridized carbons (Fsp3) is 0.316. The number of anilines is 1. The van der Waals surface area contributed by atoms with Gasteiger partial charge in [0.25, 0.3) is 0 Å². The first-order valence-electron chi connectivity index (χ1n) is 7.94. The van der Waals surface area contributed by atoms with Crippen LogP contribution >= 0.6 is 0 Å². The summed E-state index contributed by atoms with van der Waals surface area (Å²) in [6, 6.07) is 5.95. The molecular weight excluding hydrogens is 310 g/mol. The van der Waals surface area contributed by atoms with Crippen molar-refractivity contribution in [2.45, 2.75) is 27.7 Å². The summed E-state index contributed by atoms with van der Waals surface area (Å²) in [4.78, 5) is 1.78. The van der Waals surface area contributed by atoms with E-state index in [1.54, 1.807) is 9.48 Å². The van der Waals surface area contributed by atoms with Crippen LogP contribution in [0.5, 0.6) is 0 Å². The number of hydrogen-bond acceptors (Lipinski definition) is 1. The lowest BCUT2D eigenvalue weighted by molar-refractivity contribution is -0.438. The summed E-state index contributed by atoms with van der Waals surface area (Å²) in [5.74, 6) is -0.566. The van der Waals surface area contributed by atoms with E-state index in [2.05, 4.69) is 0 Å². The topological polar surface area (TPSA) is 26.5 Å². The van der Waals surface area contributed by atoms with Gasteiger partial charge in [0.15, 0.2) is 0 Å². The molecular formula is C19H21F2N2O+. The van der Waals surface area contributed by atoms with E-state index in [1.807, 2.05) is 27.7 Å². The third-order valence-electron chi connectivity index (χ3n) is 4.48. The molecule has 126 valence electrons. The van der Waals surface area contributed by atoms with Crippen LogP contribution in [-0.4, -0.2) is 28.8 Å². The fourth-order valence-corrected chi connectivity index (χ4v) is 3.63. The highest BCUT2D eigenvalue weighted by Gasteiger charge is 2.36. The minimum atomic E-state index is -0.283. The second-order valence-electron chi connectivity index (χ2n) is 6.38. The molecule has 0 aromatic heterocycles. The Labute approximate surface area is 140 Å². The second-order valence-corrected chi connectivity index (χ2v) is 6.38. The van der Waals surface area contributed by atoms with Crippen LogP contribution in [0.15, 0.2) is 24.3 Å². The van der Waals surface area contributed by atoms with Crippen molar-refractivity contribution in [2.75, 3.05) is 18.0 Å². The number of hydrogen-bond donors (Lipinski definition) is 1. The Morgan fingerprint density at radius 1 is 0.875 bits per heavy atom. The van der Waals surface area contributed by atoms with Crippen LogP contribution in [0.1, 0.15) is 22.3 Å². The van der Waals surface area contributed by atoms with E-state index in [0.717, 1.165) is 33.6 Å². The van der Waals surface area contributed by atoms with Gasteiger partial charge < -0.3 is 5.11 Å². The molecule has 2 aromatic carbocycles. The largest absolute Gasteiger partial charge is 0.454 e. The maximum atomic E-state index is 13.5. The van der Waals surface area contributed by atoms with Crippen molar-refractivity contribution in [3.63, 3.8) is 0 Å². The molecule has 3 rings (SSSR count). The highest BCUT2D eigenvalue weighted by Crippen LogP contribution is 2.31. The van der Waals surface area contributed by atoms with Gasteiger partial charge in [-0.25, -0.2) is 8.78 Å². The lowest BCUT2D eigenvalue weighted by atomic mass is 10.1. The van der Waals surface area contributed by atoms with Gasteiger partial charge in [0.2, 0.25) is 0 Å². The van der Waals surface area contributed by atoms with Gasteiger partial charge in [0, 0.05) is 0 Å². The second kappa shape index (κ2) is 5.89. The van der Waals surface area contributed by atoms with E-state index < -0.39 is 0 Å². The SMILES string of the molecule is Cc1cc(F)cc(C)c1N1CC[N+](c2c(C)cc(F)cc2C)=C1O. The first-order chi connectivity index (χ1) is 11.3. The lowest BCUT2D eigenvalue weighted by Gasteiger charge is -2.14. The van der Waals surface area contributed by atoms with Crippen LogP contribution in [0.2, 0.25) is 0 Å². The summed E-state index contributed by atoms with van der Waals surface area (Å²) >= 11 is 0. The summed E-state index contributed by atoms with van der Waals surface area (Å²) in [5, 5.41) is 10.8. The molecule has 2 aromatic rings. The van der Waals surface area contributed by atoms with E-state index in [1.165, 1.54) is 24.3 Å². The predicted octanol–water partition coefficient (Wildman–Crippen LogP) is 4.28. The average molecular weight is 331 g/mol. The number of nitrogens with zero attached hydrogens (tertiary/aromatic N) is 2. The van der Waals surface area contributed by atoms with Crippen LogP contribution in [0.3, 0.4) is 0 Å². The zero-order chi connectivity index (χ0) is 17.6. The summed E-state index contributed by atoms with van der Waals surface area (Å²) in [5.41, 5.74) is 4.71. The van der Waals surface area contributed by atoms with E-state index in [-0.39, 0.29) is 17.7 Å². The Bertz CT molecular complexity index is 812. The Morgan fingerprint density at radius 2 is 1.33 bits per heavy atom. The Kier molecular flexibility index (Phi) is 4.03. The van der Waals surface area contributed by atoms with Gasteiger partial charge in [-0.2, -0.15) is 9.48 Å². The van der Waals surface area contributed by atoms with Gasteiger partial charge in [-0.05, 0) is 74.2 Å². The molecule has 0 radical (unpaired) electrons. The summed E-state index contributed by atoms with van der Waals surface area (Å²) < 4.78 is 28.9. The summed E-state index contributed by atoms with van der Waals surface area (Å²) in [7, 11) is 0. The maximum absolute atomic E-state index is 13.5. The lowest BCUT2D eigenvalue weighted by Crippen LogP contribution is -2.30. The molecule has 0 saturated carbocycles. The van der Waals surface area contributed by atoms with Crippen molar-refractivity contribution in [3.05, 3.63) is 58.2 Å². The number of aliphatic hydroxyl groups excluding tert-OH is 1. The zero-order valence-electron chi connectivity index (χ0n) is 14.3. The number of aryl methyl sites for hydroxylation is 4. The zero-order valence-corrected chi connectivity index (χ0v) is 14.3. The van der Waals surface area contributed by atoms with Gasteiger partial charge in [-0.1, -0.05) is 0 Å². The van der Waals surface area contributed by atoms with Crippen molar-refractivity contribution in [1.29, 1.82) is 0 Å². The quantitative estimate of drug-likeness (QED) is 0.832. The molecule has 0 spiro atoms. The molecule has 0 aliphatic carbocycles. The van der Waals surface area contributed by atoms with Crippen molar-refractivity contribution in [3.8, 4) is 0 Å². The monoisotopic (exact) mass is 331 g/mol. The molecule has 0 saturated heterocycles. The molecule has 0 fully saturated rings. The smallest absolute Gasteiger partial charge is 0.446 e. The molecule has 1 N–H and O–H groups in total. The third kappa shape index (κ3) is 2.64. The van der Waals surface area contributed by atoms with E-state index in [4.69, 9.17) is 0 Å². The predicted molar refractivity (Wildman–Crippen MR) is 91.5 cm³/mol. The minimum absolute atomic E-state index is 0.0885. The van der Waals surface area contributed by atoms with Crippen molar-refractivity contribution < 1.29 is 18.5 Å². The fourth-order valence-electron chi connectivity index (χ4n) is 3.63. The van der Waals surface area contributed by atoms with Crippen molar-refractivity contribution in [2.24, 2.45) is 0 Å². The van der Waals surface area contributed by atoms with Gasteiger partial charge in [-0.3, -0.25) is 0 Å². The number of halogens is 2. The standard InChI is InChI=1S/C19H20F2N2O/c1-11-7-15(20)8-12(2)17(11)22-5-6-23(19(22)24)18-13(3)9-16(21)10-14(18)4/h7-10H,5-6H2,1-4H3/p+1. The minimum Gasteiger partial charge on any atom is -0.446 e. The van der Waals surface area contributed by atoms with Gasteiger partial charge in [-0.15, -0.1) is 0 Å². The average Bonchev–Trinajstić information content (AvgIpc) is 2.79. The first-order valence-corrected chi connectivity index (χ1v) is 7.94. The van der Waals surface area contributed by atoms with Crippen molar-refractivity contribution in [1.82, 2.24) is 0 Å². The van der Waals surface area contributed by atoms with Gasteiger partial charge in [0.1, 0.15) is 36.1 Å². The Morgan fingerprint density at radius 3 is 1.83 bits per heavy atom. The molecule has 1 aliphatic rings. The Hall–Kier alpha value is -2.43. The molecule has 0 bridgehead atoms. The molecule has 1 heterocycles. The van der Waals surface area contributed by atoms with Crippen molar-refractivity contribution >= 4 is 17.4 Å². The molecule has 5 heteroatoms. The van der Waals surface area contributed by atoms with Crippen LogP contribution < -0.4 is 4.90 Å². The molecule has 0 amide bonds. The van der Waals surface area contributed by atoms with E-state index in [9.17, 15) is 13.9 Å². The number of rotatable bonds is 2. The van der Waals surface area contributed by atoms with Gasteiger partial charge in [0.05, 0.1) is 0 Å². The third-order valence-corrected chi connectivity index (χ3v) is 4.48. The molecule has 0 atom stereocenters. The van der Waals surface area contributed by atoms with E-state index in [0.29, 0.717) is 13.1 Å². The van der Waals surface area contributed by atoms with Crippen LogP contribution in [0.4, 0.5) is 20.2 Å². The number of amidine groups is 1. The number of aliphatic hydroxyl groups is 1. The van der Waals surface area contributed by atoms with E-state index >= 15 is 0 Å². The van der Waals surface area contributed by atoms with Gasteiger partial charge >= 0.3 is 6.02 Å². The number of benzene rings is 2. The maximum Gasteiger partial charge on any atom is 0.454 e. The van der Waals surface area contributed by atoms with Crippen LogP contribution in [-0.2, 0) is 0 Å². The molecule has 24 heavy (non-hydrogen) atoms. The normalized spacial score (nSPS) is 14.7. The highest BCUT2D eigenvalue weighted by molar-refractivity contribution is 5.90. The Balaban J connectivity index is 2.12. The molecule has 0 unspecified atom stereocenters. The van der Waals surface area contributed by atoms with Crippen LogP contribution in [0.25, 0.3) is 0 Å².